The first-order valence-electron chi connectivity index (χ1n) is 6.12. The summed E-state index contributed by atoms with van der Waals surface area (Å²) in [7, 11) is 1.83. The van der Waals surface area contributed by atoms with Crippen molar-refractivity contribution < 1.29 is 9.59 Å². The molecule has 6 heteroatoms. The third kappa shape index (κ3) is 2.23. The van der Waals surface area contributed by atoms with Crippen LogP contribution in [0.5, 0.6) is 0 Å². The Balaban J connectivity index is 2.17. The summed E-state index contributed by atoms with van der Waals surface area (Å²) in [4.78, 5) is 25.6. The fourth-order valence-corrected chi connectivity index (χ4v) is 2.10. The Labute approximate surface area is 106 Å². The Hall–Kier alpha value is -1.85. The number of aryl methyl sites for hydroxylation is 1. The minimum atomic E-state index is -0.442. The quantitative estimate of drug-likeness (QED) is 0.824. The van der Waals surface area contributed by atoms with E-state index in [1.165, 1.54) is 0 Å². The van der Waals surface area contributed by atoms with Crippen LogP contribution >= 0.6 is 0 Å². The number of amides is 2. The predicted octanol–water partition coefficient (Wildman–Crippen LogP) is 0.0456. The standard InChI is InChI=1S/C12H18N4O2/c1-4-10-12(18)16(8(2)11(17)13-10)7-9-5-6-15(3)14-9/h5-6,8,10H,4,7H2,1-3H3,(H,13,17). The maximum absolute atomic E-state index is 12.2. The van der Waals surface area contributed by atoms with Crippen molar-refractivity contribution in [1.29, 1.82) is 0 Å². The lowest BCUT2D eigenvalue weighted by Gasteiger charge is -2.36. The van der Waals surface area contributed by atoms with Gasteiger partial charge >= 0.3 is 0 Å². The number of carbonyl (C=O) groups is 2. The smallest absolute Gasteiger partial charge is 0.246 e. The molecule has 2 amide bonds. The highest BCUT2D eigenvalue weighted by molar-refractivity contribution is 5.96. The van der Waals surface area contributed by atoms with Gasteiger partial charge in [-0.1, -0.05) is 6.92 Å². The third-order valence-electron chi connectivity index (χ3n) is 3.25. The number of nitrogens with zero attached hydrogens (tertiary/aromatic N) is 3. The maximum Gasteiger partial charge on any atom is 0.246 e. The Bertz CT molecular complexity index is 468. The molecule has 2 heterocycles. The van der Waals surface area contributed by atoms with E-state index >= 15 is 0 Å². The van der Waals surface area contributed by atoms with Gasteiger partial charge in [0, 0.05) is 13.2 Å². The zero-order chi connectivity index (χ0) is 13.3. The summed E-state index contributed by atoms with van der Waals surface area (Å²) < 4.78 is 1.69. The minimum absolute atomic E-state index is 0.0322. The minimum Gasteiger partial charge on any atom is -0.343 e. The van der Waals surface area contributed by atoms with E-state index in [1.807, 2.05) is 26.2 Å². The van der Waals surface area contributed by atoms with Crippen LogP contribution in [0.4, 0.5) is 0 Å². The Morgan fingerprint density at radius 1 is 1.44 bits per heavy atom. The molecule has 1 fully saturated rings. The molecule has 0 saturated carbocycles. The topological polar surface area (TPSA) is 67.2 Å². The summed E-state index contributed by atoms with van der Waals surface area (Å²) >= 11 is 0. The summed E-state index contributed by atoms with van der Waals surface area (Å²) in [5.41, 5.74) is 0.794. The fraction of sp³-hybridized carbons (Fsp3) is 0.583. The van der Waals surface area contributed by atoms with Gasteiger partial charge in [-0.15, -0.1) is 0 Å². The molecule has 98 valence electrons. The van der Waals surface area contributed by atoms with E-state index in [0.717, 1.165) is 5.69 Å². The molecule has 1 aliphatic rings. The predicted molar refractivity (Wildman–Crippen MR) is 65.4 cm³/mol. The summed E-state index contributed by atoms with van der Waals surface area (Å²) in [6, 6.07) is 1.01. The van der Waals surface area contributed by atoms with E-state index in [-0.39, 0.29) is 11.8 Å². The largest absolute Gasteiger partial charge is 0.343 e. The van der Waals surface area contributed by atoms with Crippen molar-refractivity contribution in [2.45, 2.75) is 38.9 Å². The first kappa shape index (κ1) is 12.6. The fourth-order valence-electron chi connectivity index (χ4n) is 2.10. The van der Waals surface area contributed by atoms with Crippen LogP contribution in [0, 0.1) is 0 Å². The van der Waals surface area contributed by atoms with E-state index in [4.69, 9.17) is 0 Å². The lowest BCUT2D eigenvalue weighted by atomic mass is 10.1. The first-order valence-corrected chi connectivity index (χ1v) is 6.12. The van der Waals surface area contributed by atoms with Crippen molar-refractivity contribution in [3.63, 3.8) is 0 Å². The second-order valence-corrected chi connectivity index (χ2v) is 4.59. The zero-order valence-electron chi connectivity index (χ0n) is 10.9. The number of hydrogen-bond donors (Lipinski definition) is 1. The number of piperazine rings is 1. The van der Waals surface area contributed by atoms with E-state index in [9.17, 15) is 9.59 Å². The van der Waals surface area contributed by atoms with Gasteiger partial charge in [-0.3, -0.25) is 14.3 Å². The average Bonchev–Trinajstić information content (AvgIpc) is 2.75. The molecule has 2 atom stereocenters. The van der Waals surface area contributed by atoms with Gasteiger partial charge in [0.2, 0.25) is 11.8 Å². The van der Waals surface area contributed by atoms with E-state index in [2.05, 4.69) is 10.4 Å². The lowest BCUT2D eigenvalue weighted by Crippen LogP contribution is -2.61. The summed E-state index contributed by atoms with van der Waals surface area (Å²) in [6.45, 7) is 4.00. The monoisotopic (exact) mass is 250 g/mol. The van der Waals surface area contributed by atoms with Gasteiger partial charge in [0.15, 0.2) is 0 Å². The maximum atomic E-state index is 12.2. The molecule has 0 radical (unpaired) electrons. The number of carbonyl (C=O) groups excluding carboxylic acids is 2. The van der Waals surface area contributed by atoms with E-state index < -0.39 is 12.1 Å². The first-order chi connectivity index (χ1) is 8.52. The molecule has 1 N–H and O–H groups in total. The average molecular weight is 250 g/mol. The molecule has 0 aliphatic carbocycles. The second kappa shape index (κ2) is 4.80. The van der Waals surface area contributed by atoms with Crippen LogP contribution in [0.25, 0.3) is 0 Å². The lowest BCUT2D eigenvalue weighted by molar-refractivity contribution is -0.149. The molecule has 0 bridgehead atoms. The molecule has 1 saturated heterocycles. The van der Waals surface area contributed by atoms with Gasteiger partial charge < -0.3 is 10.2 Å². The highest BCUT2D eigenvalue weighted by Crippen LogP contribution is 2.14. The van der Waals surface area contributed by atoms with Gasteiger partial charge in [-0.05, 0) is 19.4 Å². The van der Waals surface area contributed by atoms with Crippen molar-refractivity contribution in [2.24, 2.45) is 7.05 Å². The van der Waals surface area contributed by atoms with Gasteiger partial charge in [0.1, 0.15) is 12.1 Å². The highest BCUT2D eigenvalue weighted by Gasteiger charge is 2.37. The van der Waals surface area contributed by atoms with Gasteiger partial charge in [-0.2, -0.15) is 5.10 Å². The summed E-state index contributed by atoms with van der Waals surface area (Å²) in [5.74, 6) is -0.132. The van der Waals surface area contributed by atoms with Gasteiger partial charge in [0.05, 0.1) is 12.2 Å². The van der Waals surface area contributed by atoms with Crippen LogP contribution in [0.2, 0.25) is 0 Å². The Morgan fingerprint density at radius 2 is 2.17 bits per heavy atom. The highest BCUT2D eigenvalue weighted by atomic mass is 16.2. The molecule has 0 spiro atoms. The molecule has 1 aliphatic heterocycles. The molecule has 6 nitrogen and oxygen atoms in total. The molecular formula is C12H18N4O2. The molecule has 1 aromatic rings. The molecule has 18 heavy (non-hydrogen) atoms. The molecule has 1 aromatic heterocycles. The molecule has 2 unspecified atom stereocenters. The Kier molecular flexibility index (Phi) is 3.36. The summed E-state index contributed by atoms with van der Waals surface area (Å²) in [5, 5.41) is 6.97. The van der Waals surface area contributed by atoms with Crippen LogP contribution in [-0.2, 0) is 23.2 Å². The number of nitrogens with one attached hydrogen (secondary N) is 1. The summed E-state index contributed by atoms with van der Waals surface area (Å²) in [6.07, 6.45) is 2.43. The van der Waals surface area contributed by atoms with Gasteiger partial charge in [-0.25, -0.2) is 0 Å². The molecule has 0 aromatic carbocycles. The van der Waals surface area contributed by atoms with Crippen LogP contribution in [0.1, 0.15) is 26.0 Å². The zero-order valence-corrected chi connectivity index (χ0v) is 10.9. The normalized spacial score (nSPS) is 24.3. The molecular weight excluding hydrogens is 232 g/mol. The van der Waals surface area contributed by atoms with Crippen LogP contribution < -0.4 is 5.32 Å². The van der Waals surface area contributed by atoms with Crippen LogP contribution in [0.15, 0.2) is 12.3 Å². The number of rotatable bonds is 3. The number of aromatic nitrogens is 2. The van der Waals surface area contributed by atoms with Crippen molar-refractivity contribution >= 4 is 11.8 Å². The van der Waals surface area contributed by atoms with Crippen molar-refractivity contribution in [1.82, 2.24) is 20.0 Å². The van der Waals surface area contributed by atoms with E-state index in [0.29, 0.717) is 13.0 Å². The van der Waals surface area contributed by atoms with Crippen molar-refractivity contribution in [2.75, 3.05) is 0 Å². The van der Waals surface area contributed by atoms with Crippen LogP contribution in [0.3, 0.4) is 0 Å². The Morgan fingerprint density at radius 3 is 2.72 bits per heavy atom. The van der Waals surface area contributed by atoms with Gasteiger partial charge in [0.25, 0.3) is 0 Å². The van der Waals surface area contributed by atoms with Crippen LogP contribution in [-0.4, -0.2) is 38.6 Å². The number of hydrogen-bond acceptors (Lipinski definition) is 3. The van der Waals surface area contributed by atoms with Crippen molar-refractivity contribution in [3.05, 3.63) is 18.0 Å². The second-order valence-electron chi connectivity index (χ2n) is 4.59. The van der Waals surface area contributed by atoms with Crippen molar-refractivity contribution in [3.8, 4) is 0 Å². The SMILES string of the molecule is CCC1NC(=O)C(C)N(Cc2ccn(C)n2)C1=O. The third-order valence-corrected chi connectivity index (χ3v) is 3.25. The molecule has 2 rings (SSSR count). The van der Waals surface area contributed by atoms with E-state index in [1.54, 1.807) is 16.5 Å².